The van der Waals surface area contributed by atoms with E-state index in [1.807, 2.05) is 12.3 Å². The maximum atomic E-state index is 11.9. The molecule has 1 heterocycles. The first-order valence-corrected chi connectivity index (χ1v) is 6.99. The van der Waals surface area contributed by atoms with E-state index in [0.717, 1.165) is 11.8 Å². The molecule has 1 aromatic rings. The van der Waals surface area contributed by atoms with Crippen molar-refractivity contribution in [1.82, 2.24) is 15.1 Å². The monoisotopic (exact) mass is 247 g/mol. The van der Waals surface area contributed by atoms with Gasteiger partial charge in [-0.2, -0.15) is 5.10 Å². The smallest absolute Gasteiger partial charge is 0.241 e. The molecule has 1 N–H and O–H groups in total. The first-order valence-electron chi connectivity index (χ1n) is 6.99. The third kappa shape index (κ3) is 2.28. The second-order valence-corrected chi connectivity index (χ2v) is 5.90. The molecule has 0 spiro atoms. The molecule has 0 radical (unpaired) electrons. The van der Waals surface area contributed by atoms with E-state index in [1.54, 1.807) is 10.9 Å². The van der Waals surface area contributed by atoms with E-state index < -0.39 is 0 Å². The van der Waals surface area contributed by atoms with Gasteiger partial charge in [0.25, 0.3) is 0 Å². The predicted octanol–water partition coefficient (Wildman–Crippen LogP) is 1.82. The highest BCUT2D eigenvalue weighted by Gasteiger charge is 2.42. The average molecular weight is 247 g/mol. The van der Waals surface area contributed by atoms with Crippen molar-refractivity contribution in [2.45, 2.75) is 45.2 Å². The van der Waals surface area contributed by atoms with Gasteiger partial charge < -0.3 is 5.32 Å². The molecule has 3 rings (SSSR count). The first-order chi connectivity index (χ1) is 8.72. The van der Waals surface area contributed by atoms with Crippen LogP contribution < -0.4 is 5.32 Å². The molecule has 4 atom stereocenters. The molecular formula is C14H21N3O. The van der Waals surface area contributed by atoms with Gasteiger partial charge >= 0.3 is 0 Å². The average Bonchev–Trinajstić information content (AvgIpc) is 3.04. The van der Waals surface area contributed by atoms with Crippen LogP contribution in [0.25, 0.3) is 0 Å². The summed E-state index contributed by atoms with van der Waals surface area (Å²) in [4.78, 5) is 11.9. The summed E-state index contributed by atoms with van der Waals surface area (Å²) in [7, 11) is 0. The summed E-state index contributed by atoms with van der Waals surface area (Å²) in [6, 6.07) is 2.15. The van der Waals surface area contributed by atoms with Gasteiger partial charge in [0.1, 0.15) is 6.54 Å². The minimum atomic E-state index is 0.0778. The van der Waals surface area contributed by atoms with Gasteiger partial charge in [0.05, 0.1) is 0 Å². The third-order valence-corrected chi connectivity index (χ3v) is 4.69. The highest BCUT2D eigenvalue weighted by atomic mass is 16.2. The molecule has 1 aromatic heterocycles. The number of nitrogens with one attached hydrogen (secondary N) is 1. The SMILES string of the molecule is CC(NC(=O)Cn1cccn1)C1CC2CCC1C2. The van der Waals surface area contributed by atoms with E-state index in [1.165, 1.54) is 25.7 Å². The summed E-state index contributed by atoms with van der Waals surface area (Å²) in [5, 5.41) is 7.20. The zero-order chi connectivity index (χ0) is 12.5. The fraction of sp³-hybridized carbons (Fsp3) is 0.714. The molecule has 2 saturated carbocycles. The van der Waals surface area contributed by atoms with Crippen molar-refractivity contribution in [2.75, 3.05) is 0 Å². The third-order valence-electron chi connectivity index (χ3n) is 4.69. The normalized spacial score (nSPS) is 31.5. The first kappa shape index (κ1) is 11.8. The molecule has 0 saturated heterocycles. The van der Waals surface area contributed by atoms with Gasteiger partial charge in [-0.1, -0.05) is 6.42 Å². The topological polar surface area (TPSA) is 46.9 Å². The number of aromatic nitrogens is 2. The molecule has 4 heteroatoms. The number of carbonyl (C=O) groups is 1. The van der Waals surface area contributed by atoms with Crippen LogP contribution in [0.1, 0.15) is 32.6 Å². The maximum Gasteiger partial charge on any atom is 0.241 e. The number of carbonyl (C=O) groups excluding carboxylic acids is 1. The maximum absolute atomic E-state index is 11.9. The van der Waals surface area contributed by atoms with Gasteiger partial charge in [0.15, 0.2) is 0 Å². The van der Waals surface area contributed by atoms with E-state index >= 15 is 0 Å². The molecule has 1 amide bonds. The second-order valence-electron chi connectivity index (χ2n) is 5.90. The van der Waals surface area contributed by atoms with Gasteiger partial charge in [-0.15, -0.1) is 0 Å². The van der Waals surface area contributed by atoms with Crippen molar-refractivity contribution in [3.8, 4) is 0 Å². The molecule has 2 bridgehead atoms. The van der Waals surface area contributed by atoms with Crippen LogP contribution in [-0.2, 0) is 11.3 Å². The molecule has 4 unspecified atom stereocenters. The highest BCUT2D eigenvalue weighted by molar-refractivity contribution is 5.75. The second kappa shape index (κ2) is 4.75. The Kier molecular flexibility index (Phi) is 3.10. The number of nitrogens with zero attached hydrogens (tertiary/aromatic N) is 2. The summed E-state index contributed by atoms with van der Waals surface area (Å²) >= 11 is 0. The lowest BCUT2D eigenvalue weighted by molar-refractivity contribution is -0.122. The van der Waals surface area contributed by atoms with E-state index in [0.29, 0.717) is 18.5 Å². The van der Waals surface area contributed by atoms with Gasteiger partial charge in [-0.05, 0) is 50.0 Å². The standard InChI is InChI=1S/C14H21N3O/c1-10(13-8-11-3-4-12(13)7-11)16-14(18)9-17-6-2-5-15-17/h2,5-6,10-13H,3-4,7-9H2,1H3,(H,16,18). The predicted molar refractivity (Wildman–Crippen MR) is 68.8 cm³/mol. The van der Waals surface area contributed by atoms with Crippen LogP contribution in [0, 0.1) is 17.8 Å². The summed E-state index contributed by atoms with van der Waals surface area (Å²) in [6.45, 7) is 2.49. The van der Waals surface area contributed by atoms with Crippen LogP contribution in [0.5, 0.6) is 0 Å². The summed E-state index contributed by atoms with van der Waals surface area (Å²) in [5.41, 5.74) is 0. The van der Waals surface area contributed by atoms with Crippen LogP contribution in [0.4, 0.5) is 0 Å². The summed E-state index contributed by atoms with van der Waals surface area (Å²) in [5.74, 6) is 2.57. The van der Waals surface area contributed by atoms with Crippen molar-refractivity contribution >= 4 is 5.91 Å². The Morgan fingerprint density at radius 3 is 3.00 bits per heavy atom. The molecule has 0 aromatic carbocycles. The van der Waals surface area contributed by atoms with Gasteiger partial charge in [-0.25, -0.2) is 0 Å². The lowest BCUT2D eigenvalue weighted by Crippen LogP contribution is -2.41. The summed E-state index contributed by atoms with van der Waals surface area (Å²) < 4.78 is 1.67. The molecule has 98 valence electrons. The van der Waals surface area contributed by atoms with Gasteiger partial charge in [0.2, 0.25) is 5.91 Å². The lowest BCUT2D eigenvalue weighted by Gasteiger charge is -2.28. The van der Waals surface area contributed by atoms with E-state index in [9.17, 15) is 4.79 Å². The van der Waals surface area contributed by atoms with Crippen LogP contribution in [0.3, 0.4) is 0 Å². The highest BCUT2D eigenvalue weighted by Crippen LogP contribution is 2.49. The lowest BCUT2D eigenvalue weighted by atomic mass is 9.84. The van der Waals surface area contributed by atoms with E-state index in [-0.39, 0.29) is 5.91 Å². The van der Waals surface area contributed by atoms with Crippen molar-refractivity contribution in [2.24, 2.45) is 17.8 Å². The van der Waals surface area contributed by atoms with Crippen molar-refractivity contribution in [1.29, 1.82) is 0 Å². The fourth-order valence-corrected chi connectivity index (χ4v) is 3.85. The minimum absolute atomic E-state index is 0.0778. The van der Waals surface area contributed by atoms with Crippen molar-refractivity contribution in [3.63, 3.8) is 0 Å². The Labute approximate surface area is 108 Å². The molecule has 2 aliphatic carbocycles. The van der Waals surface area contributed by atoms with Gasteiger partial charge in [-0.3, -0.25) is 9.48 Å². The zero-order valence-corrected chi connectivity index (χ0v) is 10.9. The van der Waals surface area contributed by atoms with Crippen molar-refractivity contribution < 1.29 is 4.79 Å². The van der Waals surface area contributed by atoms with Crippen LogP contribution in [0.15, 0.2) is 18.5 Å². The molecule has 4 nitrogen and oxygen atoms in total. The Balaban J connectivity index is 1.51. The number of amides is 1. The Morgan fingerprint density at radius 1 is 1.50 bits per heavy atom. The van der Waals surface area contributed by atoms with Gasteiger partial charge in [0, 0.05) is 18.4 Å². The quantitative estimate of drug-likeness (QED) is 0.882. The fourth-order valence-electron chi connectivity index (χ4n) is 3.85. The van der Waals surface area contributed by atoms with E-state index in [2.05, 4.69) is 17.3 Å². The largest absolute Gasteiger partial charge is 0.352 e. The van der Waals surface area contributed by atoms with Crippen molar-refractivity contribution in [3.05, 3.63) is 18.5 Å². The minimum Gasteiger partial charge on any atom is -0.352 e. The molecule has 18 heavy (non-hydrogen) atoms. The number of hydrogen-bond acceptors (Lipinski definition) is 2. The number of rotatable bonds is 4. The number of fused-ring (bicyclic) bond motifs is 2. The van der Waals surface area contributed by atoms with Crippen LogP contribution in [-0.4, -0.2) is 21.7 Å². The molecule has 0 aliphatic heterocycles. The van der Waals surface area contributed by atoms with E-state index in [4.69, 9.17) is 0 Å². The molecular weight excluding hydrogens is 226 g/mol. The Morgan fingerprint density at radius 2 is 2.39 bits per heavy atom. The summed E-state index contributed by atoms with van der Waals surface area (Å²) in [6.07, 6.45) is 9.01. The Hall–Kier alpha value is -1.32. The zero-order valence-electron chi connectivity index (χ0n) is 10.9. The number of hydrogen-bond donors (Lipinski definition) is 1. The molecule has 2 fully saturated rings. The van der Waals surface area contributed by atoms with Crippen LogP contribution >= 0.6 is 0 Å². The Bertz CT molecular complexity index is 415. The molecule has 2 aliphatic rings. The van der Waals surface area contributed by atoms with Crippen LogP contribution in [0.2, 0.25) is 0 Å².